The summed E-state index contributed by atoms with van der Waals surface area (Å²) in [6.45, 7) is 4.24. The number of aryl methyl sites for hydroxylation is 1. The van der Waals surface area contributed by atoms with Crippen molar-refractivity contribution in [2.45, 2.75) is 26.5 Å². The van der Waals surface area contributed by atoms with Crippen LogP contribution >= 0.6 is 0 Å². The highest BCUT2D eigenvalue weighted by molar-refractivity contribution is 6.26. The van der Waals surface area contributed by atoms with Crippen molar-refractivity contribution < 1.29 is 14.1 Å². The van der Waals surface area contributed by atoms with Crippen molar-refractivity contribution in [3.05, 3.63) is 33.4 Å². The Hall–Kier alpha value is -1.40. The van der Waals surface area contributed by atoms with Crippen molar-refractivity contribution in [1.29, 1.82) is 0 Å². The average molecular weight is 255 g/mol. The van der Waals surface area contributed by atoms with E-state index in [4.69, 9.17) is 9.16 Å². The van der Waals surface area contributed by atoms with E-state index in [2.05, 4.69) is 6.92 Å². The van der Waals surface area contributed by atoms with Crippen LogP contribution < -0.4 is 4.74 Å². The second-order valence-electron chi connectivity index (χ2n) is 3.76. The van der Waals surface area contributed by atoms with Gasteiger partial charge in [-0.05, 0) is 24.6 Å². The van der Waals surface area contributed by atoms with Crippen LogP contribution in [-0.2, 0) is 11.0 Å². The van der Waals surface area contributed by atoms with Gasteiger partial charge in [-0.2, -0.15) is 0 Å². The van der Waals surface area contributed by atoms with Crippen LogP contribution in [-0.4, -0.2) is 21.8 Å². The number of methoxy groups -OCH3 is 1. The summed E-state index contributed by atoms with van der Waals surface area (Å²) >= 11 is 0. The van der Waals surface area contributed by atoms with Crippen molar-refractivity contribution >= 4 is 15.5 Å². The van der Waals surface area contributed by atoms with Gasteiger partial charge in [0.05, 0.1) is 30.3 Å². The largest absolute Gasteiger partial charge is 0.496 e. The first kappa shape index (κ1) is 13.7. The van der Waals surface area contributed by atoms with Crippen LogP contribution in [0.25, 0.3) is 0 Å². The molecule has 0 fully saturated rings. The molecular formula is C11H17NO4Si. The lowest BCUT2D eigenvalue weighted by Gasteiger charge is -2.09. The minimum atomic E-state index is -0.544. The molecule has 0 spiro atoms. The number of hydrogen-bond donors (Lipinski definition) is 0. The summed E-state index contributed by atoms with van der Waals surface area (Å²) in [7, 11) is 0.962. The molecule has 0 N–H and O–H groups in total. The fourth-order valence-corrected chi connectivity index (χ4v) is 2.22. The molecule has 0 aliphatic rings. The zero-order chi connectivity index (χ0) is 12.8. The maximum Gasteiger partial charge on any atom is 0.278 e. The molecule has 94 valence electrons. The molecule has 0 aliphatic carbocycles. The second-order valence-corrected chi connectivity index (χ2v) is 5.58. The fraction of sp³-hybridized carbons (Fsp3) is 0.455. The predicted octanol–water partition coefficient (Wildman–Crippen LogP) is 1.95. The highest BCUT2D eigenvalue weighted by Gasteiger charge is 2.17. The molecule has 0 amide bonds. The van der Waals surface area contributed by atoms with Crippen molar-refractivity contribution in [1.82, 2.24) is 0 Å². The molecule has 0 unspecified atom stereocenters. The van der Waals surface area contributed by atoms with Gasteiger partial charge >= 0.3 is 0 Å². The Labute approximate surface area is 103 Å². The quantitative estimate of drug-likeness (QED) is 0.337. The van der Waals surface area contributed by atoms with Crippen LogP contribution in [0.4, 0.5) is 5.69 Å². The Morgan fingerprint density at radius 2 is 2.18 bits per heavy atom. The van der Waals surface area contributed by atoms with Crippen LogP contribution in [0.5, 0.6) is 5.75 Å². The van der Waals surface area contributed by atoms with E-state index in [0.29, 0.717) is 17.9 Å². The Kier molecular flexibility index (Phi) is 5.11. The predicted molar refractivity (Wildman–Crippen MR) is 68.2 cm³/mol. The third-order valence-corrected chi connectivity index (χ3v) is 3.30. The highest BCUT2D eigenvalue weighted by atomic mass is 28.2. The van der Waals surface area contributed by atoms with Crippen molar-refractivity contribution in [2.24, 2.45) is 0 Å². The summed E-state index contributed by atoms with van der Waals surface area (Å²) in [5.74, 6) is 0.535. The molecule has 17 heavy (non-hydrogen) atoms. The zero-order valence-corrected chi connectivity index (χ0v) is 11.8. The van der Waals surface area contributed by atoms with Crippen LogP contribution in [0, 0.1) is 17.0 Å². The molecule has 5 nitrogen and oxygen atoms in total. The molecule has 0 saturated heterocycles. The van der Waals surface area contributed by atoms with Gasteiger partial charge in [0.15, 0.2) is 9.76 Å². The van der Waals surface area contributed by atoms with Gasteiger partial charge in [0, 0.05) is 0 Å². The van der Waals surface area contributed by atoms with Gasteiger partial charge in [-0.3, -0.25) is 10.1 Å². The van der Waals surface area contributed by atoms with Gasteiger partial charge in [0.2, 0.25) is 0 Å². The summed E-state index contributed by atoms with van der Waals surface area (Å²) < 4.78 is 10.6. The Balaban J connectivity index is 3.01. The van der Waals surface area contributed by atoms with Gasteiger partial charge in [0.1, 0.15) is 5.75 Å². The minimum Gasteiger partial charge on any atom is -0.496 e. The van der Waals surface area contributed by atoms with Crippen LogP contribution in [0.15, 0.2) is 12.1 Å². The molecule has 0 radical (unpaired) electrons. The third-order valence-electron chi connectivity index (χ3n) is 2.40. The fourth-order valence-electron chi connectivity index (χ4n) is 1.57. The third kappa shape index (κ3) is 3.54. The summed E-state index contributed by atoms with van der Waals surface area (Å²) in [6.07, 6.45) is 0. The molecule has 6 heteroatoms. The molecule has 1 rings (SSSR count). The van der Waals surface area contributed by atoms with Crippen molar-refractivity contribution in [2.75, 3.05) is 7.11 Å². The lowest BCUT2D eigenvalue weighted by molar-refractivity contribution is -0.385. The topological polar surface area (TPSA) is 61.6 Å². The van der Waals surface area contributed by atoms with E-state index in [-0.39, 0.29) is 5.69 Å². The molecule has 1 aromatic rings. The molecule has 0 atom stereocenters. The van der Waals surface area contributed by atoms with Gasteiger partial charge in [0.25, 0.3) is 5.69 Å². The van der Waals surface area contributed by atoms with E-state index in [9.17, 15) is 10.1 Å². The summed E-state index contributed by atoms with van der Waals surface area (Å²) in [5.41, 5.74) is 1.57. The summed E-state index contributed by atoms with van der Waals surface area (Å²) in [6, 6.07) is 4.26. The first-order valence-corrected chi connectivity index (χ1v) is 7.07. The second kappa shape index (κ2) is 6.36. The Morgan fingerprint density at radius 3 is 2.71 bits per heavy atom. The van der Waals surface area contributed by atoms with Crippen LogP contribution in [0.3, 0.4) is 0 Å². The molecule has 0 bridgehead atoms. The van der Waals surface area contributed by atoms with E-state index >= 15 is 0 Å². The molecule has 1 aromatic carbocycles. The van der Waals surface area contributed by atoms with Crippen molar-refractivity contribution in [3.8, 4) is 5.75 Å². The number of nitrogens with zero attached hydrogens (tertiary/aromatic N) is 1. The van der Waals surface area contributed by atoms with E-state index in [1.165, 1.54) is 13.2 Å². The summed E-state index contributed by atoms with van der Waals surface area (Å²) in [5, 5.41) is 10.9. The van der Waals surface area contributed by atoms with E-state index in [0.717, 1.165) is 11.6 Å². The van der Waals surface area contributed by atoms with Gasteiger partial charge in [-0.1, -0.05) is 6.92 Å². The SMILES string of the molecule is CC[SiH2]OCc1cc(C)c(OC)cc1[N+](=O)[O-]. The molecule has 0 heterocycles. The Morgan fingerprint density at radius 1 is 1.47 bits per heavy atom. The highest BCUT2D eigenvalue weighted by Crippen LogP contribution is 2.28. The number of rotatable bonds is 6. The minimum absolute atomic E-state index is 0.0672. The zero-order valence-electron chi connectivity index (χ0n) is 10.4. The molecule has 0 aliphatic heterocycles. The number of nitro benzene ring substituents is 1. The number of hydrogen-bond acceptors (Lipinski definition) is 4. The lowest BCUT2D eigenvalue weighted by atomic mass is 10.1. The average Bonchev–Trinajstić information content (AvgIpc) is 2.29. The maximum atomic E-state index is 10.9. The first-order valence-electron chi connectivity index (χ1n) is 5.49. The smallest absolute Gasteiger partial charge is 0.278 e. The normalized spacial score (nSPS) is 11.0. The Bertz CT molecular complexity index is 409. The molecule has 0 saturated carbocycles. The monoisotopic (exact) mass is 255 g/mol. The number of nitro groups is 1. The van der Waals surface area contributed by atoms with Crippen LogP contribution in [0.1, 0.15) is 18.1 Å². The standard InChI is InChI=1S/C11H17NO4Si/c1-4-17-16-7-9-5-8(2)11(15-3)6-10(9)12(13)14/h5-6H,4,7,17H2,1-3H3. The number of ether oxygens (including phenoxy) is 1. The molecule has 0 aromatic heterocycles. The van der Waals surface area contributed by atoms with Gasteiger partial charge in [-0.25, -0.2) is 0 Å². The molecular weight excluding hydrogens is 238 g/mol. The van der Waals surface area contributed by atoms with Gasteiger partial charge in [-0.15, -0.1) is 0 Å². The van der Waals surface area contributed by atoms with E-state index < -0.39 is 14.7 Å². The van der Waals surface area contributed by atoms with Crippen LogP contribution in [0.2, 0.25) is 6.04 Å². The number of benzene rings is 1. The summed E-state index contributed by atoms with van der Waals surface area (Å²) in [4.78, 5) is 10.5. The van der Waals surface area contributed by atoms with E-state index in [1.54, 1.807) is 6.07 Å². The lowest BCUT2D eigenvalue weighted by Crippen LogP contribution is -2.02. The van der Waals surface area contributed by atoms with Gasteiger partial charge < -0.3 is 9.16 Å². The first-order chi connectivity index (χ1) is 8.10. The maximum absolute atomic E-state index is 10.9. The van der Waals surface area contributed by atoms with Crippen molar-refractivity contribution in [3.63, 3.8) is 0 Å². The van der Waals surface area contributed by atoms with E-state index in [1.807, 2.05) is 6.92 Å².